The first-order chi connectivity index (χ1) is 14.0. The van der Waals surface area contributed by atoms with Crippen molar-refractivity contribution in [2.24, 2.45) is 0 Å². The van der Waals surface area contributed by atoms with Crippen LogP contribution in [0.3, 0.4) is 0 Å². The Morgan fingerprint density at radius 3 is 2.62 bits per heavy atom. The summed E-state index contributed by atoms with van der Waals surface area (Å²) in [6, 6.07) is 5.64. The van der Waals surface area contributed by atoms with Crippen LogP contribution in [0.1, 0.15) is 48.1 Å². The molecule has 0 atom stereocenters. The van der Waals surface area contributed by atoms with Crippen molar-refractivity contribution in [3.05, 3.63) is 58.0 Å². The topological polar surface area (TPSA) is 97.2 Å². The molecule has 0 aromatic carbocycles. The third-order valence-electron chi connectivity index (χ3n) is 6.10. The van der Waals surface area contributed by atoms with Gasteiger partial charge in [0.2, 0.25) is 5.91 Å². The van der Waals surface area contributed by atoms with Crippen molar-refractivity contribution in [3.63, 3.8) is 0 Å². The first kappa shape index (κ1) is 19.3. The molecule has 29 heavy (non-hydrogen) atoms. The van der Waals surface area contributed by atoms with Gasteiger partial charge in [0.05, 0.1) is 0 Å². The number of likely N-dealkylation sites (tertiary alicyclic amines) is 1. The minimum absolute atomic E-state index is 0.0768. The smallest absolute Gasteiger partial charge is 0.285 e. The van der Waals surface area contributed by atoms with Gasteiger partial charge in [-0.3, -0.25) is 19.4 Å². The fraction of sp³-hybridized carbons (Fsp3) is 0.476. The van der Waals surface area contributed by atoms with E-state index < -0.39 is 11.5 Å². The molecule has 4 rings (SSSR count). The van der Waals surface area contributed by atoms with Gasteiger partial charge in [-0.15, -0.1) is 0 Å². The zero-order chi connectivity index (χ0) is 20.4. The average Bonchev–Trinajstić information content (AvgIpc) is 3.05. The zero-order valence-corrected chi connectivity index (χ0v) is 16.6. The van der Waals surface area contributed by atoms with Crippen molar-refractivity contribution in [1.29, 1.82) is 0 Å². The standard InChI is InChI=1S/C21H25N5O3/c1-15(27)25-11-6-21(7-12-25)8-13-26-14-17(19(29)24-20(21)26)18(28)23-10-5-16-4-2-3-9-22-16/h2-4,9,14H,5-8,10-13H2,1H3,(H,23,28). The van der Waals surface area contributed by atoms with E-state index in [4.69, 9.17) is 0 Å². The van der Waals surface area contributed by atoms with Crippen LogP contribution in [0.15, 0.2) is 35.4 Å². The minimum Gasteiger partial charge on any atom is -0.351 e. The van der Waals surface area contributed by atoms with Crippen LogP contribution < -0.4 is 10.9 Å². The molecule has 0 radical (unpaired) electrons. The van der Waals surface area contributed by atoms with Crippen LogP contribution in [0.5, 0.6) is 0 Å². The van der Waals surface area contributed by atoms with Crippen LogP contribution in [0.25, 0.3) is 0 Å². The van der Waals surface area contributed by atoms with Gasteiger partial charge >= 0.3 is 0 Å². The third-order valence-corrected chi connectivity index (χ3v) is 6.10. The third kappa shape index (κ3) is 3.79. The van der Waals surface area contributed by atoms with Gasteiger partial charge in [-0.1, -0.05) is 6.07 Å². The maximum absolute atomic E-state index is 12.6. The van der Waals surface area contributed by atoms with E-state index in [2.05, 4.69) is 15.3 Å². The number of hydrogen-bond acceptors (Lipinski definition) is 5. The molecule has 1 saturated heterocycles. The van der Waals surface area contributed by atoms with Gasteiger partial charge in [0.25, 0.3) is 11.5 Å². The fourth-order valence-corrected chi connectivity index (χ4v) is 4.36. The van der Waals surface area contributed by atoms with Gasteiger partial charge in [-0.2, -0.15) is 4.98 Å². The molecule has 0 unspecified atom stereocenters. The SMILES string of the molecule is CC(=O)N1CCC2(CC1)CCn1cc(C(=O)NCCc3ccccn3)c(=O)nc12. The van der Waals surface area contributed by atoms with Crippen molar-refractivity contribution in [2.75, 3.05) is 19.6 Å². The van der Waals surface area contributed by atoms with E-state index in [1.165, 1.54) is 0 Å². The van der Waals surface area contributed by atoms with Crippen molar-refractivity contribution >= 4 is 11.8 Å². The Hall–Kier alpha value is -3.03. The lowest BCUT2D eigenvalue weighted by atomic mass is 9.76. The van der Waals surface area contributed by atoms with Gasteiger partial charge < -0.3 is 14.8 Å². The first-order valence-corrected chi connectivity index (χ1v) is 10.0. The van der Waals surface area contributed by atoms with Gasteiger partial charge in [-0.05, 0) is 31.4 Å². The molecule has 2 aliphatic heterocycles. The van der Waals surface area contributed by atoms with E-state index in [1.54, 1.807) is 19.3 Å². The number of piperidine rings is 1. The van der Waals surface area contributed by atoms with Gasteiger partial charge in [0.1, 0.15) is 11.4 Å². The molecule has 2 aromatic heterocycles. The Morgan fingerprint density at radius 2 is 1.93 bits per heavy atom. The molecular formula is C21H25N5O3. The Labute approximate surface area is 169 Å². The summed E-state index contributed by atoms with van der Waals surface area (Å²) in [5.41, 5.74) is 0.310. The lowest BCUT2D eigenvalue weighted by Gasteiger charge is -2.38. The highest BCUT2D eigenvalue weighted by Crippen LogP contribution is 2.41. The minimum atomic E-state index is -0.484. The van der Waals surface area contributed by atoms with Crippen LogP contribution >= 0.6 is 0 Å². The summed E-state index contributed by atoms with van der Waals surface area (Å²) < 4.78 is 1.94. The quantitative estimate of drug-likeness (QED) is 0.829. The number of hydrogen-bond donors (Lipinski definition) is 1. The number of fused-ring (bicyclic) bond motifs is 2. The second kappa shape index (κ2) is 7.77. The predicted octanol–water partition coefficient (Wildman–Crippen LogP) is 0.895. The van der Waals surface area contributed by atoms with E-state index in [0.717, 1.165) is 37.3 Å². The second-order valence-corrected chi connectivity index (χ2v) is 7.84. The van der Waals surface area contributed by atoms with Crippen molar-refractivity contribution in [3.8, 4) is 0 Å². The monoisotopic (exact) mass is 395 g/mol. The molecule has 2 amide bonds. The molecular weight excluding hydrogens is 370 g/mol. The number of pyridine rings is 1. The number of carbonyl (C=O) groups excluding carboxylic acids is 2. The van der Waals surface area contributed by atoms with E-state index >= 15 is 0 Å². The number of aryl methyl sites for hydroxylation is 1. The number of aromatic nitrogens is 3. The molecule has 0 bridgehead atoms. The van der Waals surface area contributed by atoms with Crippen LogP contribution in [0, 0.1) is 0 Å². The molecule has 8 heteroatoms. The highest BCUT2D eigenvalue weighted by molar-refractivity contribution is 5.93. The van der Waals surface area contributed by atoms with E-state index in [0.29, 0.717) is 26.1 Å². The number of rotatable bonds is 4. The Kier molecular flexibility index (Phi) is 5.17. The maximum Gasteiger partial charge on any atom is 0.285 e. The number of nitrogens with zero attached hydrogens (tertiary/aromatic N) is 4. The lowest BCUT2D eigenvalue weighted by Crippen LogP contribution is -2.44. The molecule has 8 nitrogen and oxygen atoms in total. The van der Waals surface area contributed by atoms with Crippen molar-refractivity contribution < 1.29 is 9.59 Å². The summed E-state index contributed by atoms with van der Waals surface area (Å²) >= 11 is 0. The number of carbonyl (C=O) groups is 2. The molecule has 0 aliphatic carbocycles. The molecule has 152 valence electrons. The van der Waals surface area contributed by atoms with E-state index in [1.807, 2.05) is 27.7 Å². The summed E-state index contributed by atoms with van der Waals surface area (Å²) in [4.78, 5) is 47.1. The average molecular weight is 395 g/mol. The molecule has 1 fully saturated rings. The Bertz CT molecular complexity index is 978. The molecule has 2 aromatic rings. The van der Waals surface area contributed by atoms with Gasteiger partial charge in [-0.25, -0.2) is 0 Å². The summed E-state index contributed by atoms with van der Waals surface area (Å²) in [6.07, 6.45) is 6.44. The van der Waals surface area contributed by atoms with Crippen LogP contribution in [-0.4, -0.2) is 50.9 Å². The van der Waals surface area contributed by atoms with Crippen molar-refractivity contribution in [1.82, 2.24) is 24.8 Å². The van der Waals surface area contributed by atoms with Crippen LogP contribution in [0.2, 0.25) is 0 Å². The molecule has 2 aliphatic rings. The van der Waals surface area contributed by atoms with E-state index in [9.17, 15) is 14.4 Å². The normalized spacial score (nSPS) is 17.2. The van der Waals surface area contributed by atoms with E-state index in [-0.39, 0.29) is 16.9 Å². The van der Waals surface area contributed by atoms with Crippen LogP contribution in [-0.2, 0) is 23.2 Å². The molecule has 1 N–H and O–H groups in total. The van der Waals surface area contributed by atoms with Crippen molar-refractivity contribution in [2.45, 2.75) is 44.6 Å². The highest BCUT2D eigenvalue weighted by atomic mass is 16.2. The Morgan fingerprint density at radius 1 is 1.17 bits per heavy atom. The number of amides is 2. The number of nitrogens with one attached hydrogen (secondary N) is 1. The largest absolute Gasteiger partial charge is 0.351 e. The summed E-state index contributed by atoms with van der Waals surface area (Å²) in [6.45, 7) is 4.09. The van der Waals surface area contributed by atoms with Gasteiger partial charge in [0, 0.05) is 63.0 Å². The lowest BCUT2D eigenvalue weighted by molar-refractivity contribution is -0.130. The first-order valence-electron chi connectivity index (χ1n) is 10.0. The summed E-state index contributed by atoms with van der Waals surface area (Å²) in [5, 5.41) is 2.79. The molecule has 1 spiro atoms. The van der Waals surface area contributed by atoms with Crippen LogP contribution in [0.4, 0.5) is 0 Å². The maximum atomic E-state index is 12.6. The second-order valence-electron chi connectivity index (χ2n) is 7.84. The molecule has 4 heterocycles. The predicted molar refractivity (Wildman–Crippen MR) is 107 cm³/mol. The van der Waals surface area contributed by atoms with Gasteiger partial charge in [0.15, 0.2) is 0 Å². The highest BCUT2D eigenvalue weighted by Gasteiger charge is 2.43. The summed E-state index contributed by atoms with van der Waals surface area (Å²) in [5.74, 6) is 0.442. The fourth-order valence-electron chi connectivity index (χ4n) is 4.36. The Balaban J connectivity index is 1.46. The summed E-state index contributed by atoms with van der Waals surface area (Å²) in [7, 11) is 0. The zero-order valence-electron chi connectivity index (χ0n) is 16.6. The molecule has 0 saturated carbocycles.